The molecule has 0 amide bonds. The van der Waals surface area contributed by atoms with E-state index in [4.69, 9.17) is 10.7 Å². The zero-order chi connectivity index (χ0) is 10.2. The van der Waals surface area contributed by atoms with Crippen LogP contribution < -0.4 is 0 Å². The molecule has 0 saturated heterocycles. The van der Waals surface area contributed by atoms with E-state index in [1.165, 1.54) is 0 Å². The van der Waals surface area contributed by atoms with Gasteiger partial charge in [0.25, 0.3) is 9.05 Å². The second-order valence-electron chi connectivity index (χ2n) is 2.45. The van der Waals surface area contributed by atoms with Crippen LogP contribution in [0, 0.1) is 6.92 Å². The van der Waals surface area contributed by atoms with Gasteiger partial charge in [-0.1, -0.05) is 6.07 Å². The van der Waals surface area contributed by atoms with Gasteiger partial charge in [0.15, 0.2) is 0 Å². The van der Waals surface area contributed by atoms with Crippen molar-refractivity contribution in [2.24, 2.45) is 0 Å². The summed E-state index contributed by atoms with van der Waals surface area (Å²) >= 11 is 6.30. The molecule has 1 rings (SSSR count). The van der Waals surface area contributed by atoms with Crippen molar-refractivity contribution in [1.29, 1.82) is 0 Å². The Hall–Kier alpha value is 0.420. The predicted molar refractivity (Wildman–Crippen MR) is 59.6 cm³/mol. The summed E-state index contributed by atoms with van der Waals surface area (Å²) in [5, 5.41) is 0. The smallest absolute Gasteiger partial charge is 0.207 e. The van der Waals surface area contributed by atoms with Gasteiger partial charge in [0.1, 0.15) is 4.90 Å². The van der Waals surface area contributed by atoms with Crippen molar-refractivity contribution >= 4 is 51.6 Å². The number of rotatable bonds is 1. The highest BCUT2D eigenvalue weighted by Crippen LogP contribution is 2.34. The Kier molecular flexibility index (Phi) is 3.43. The molecule has 13 heavy (non-hydrogen) atoms. The Balaban J connectivity index is 3.62. The lowest BCUT2D eigenvalue weighted by molar-refractivity contribution is 0.608. The first-order chi connectivity index (χ1) is 5.84. The van der Waals surface area contributed by atoms with Gasteiger partial charge < -0.3 is 0 Å². The molecule has 1 aromatic rings. The van der Waals surface area contributed by atoms with Crippen molar-refractivity contribution in [1.82, 2.24) is 0 Å². The largest absolute Gasteiger partial charge is 0.263 e. The van der Waals surface area contributed by atoms with Crippen LogP contribution >= 0.6 is 42.5 Å². The Bertz CT molecular complexity index is 442. The summed E-state index contributed by atoms with van der Waals surface area (Å²) in [6, 6.07) is 3.44. The number of hydrogen-bond donors (Lipinski definition) is 0. The zero-order valence-electron chi connectivity index (χ0n) is 6.51. The first-order valence-electron chi connectivity index (χ1n) is 3.23. The molecule has 0 aliphatic carbocycles. The first kappa shape index (κ1) is 11.5. The monoisotopic (exact) mass is 346 g/mol. The van der Waals surface area contributed by atoms with Gasteiger partial charge in [-0.25, -0.2) is 8.42 Å². The summed E-state index contributed by atoms with van der Waals surface area (Å²) in [4.78, 5) is 0.0779. The lowest BCUT2D eigenvalue weighted by Gasteiger charge is -2.05. The van der Waals surface area contributed by atoms with E-state index in [9.17, 15) is 8.42 Å². The van der Waals surface area contributed by atoms with Gasteiger partial charge in [-0.05, 0) is 50.4 Å². The third-order valence-corrected chi connectivity index (χ3v) is 5.07. The molecule has 0 bridgehead atoms. The van der Waals surface area contributed by atoms with Gasteiger partial charge in [0, 0.05) is 19.6 Å². The van der Waals surface area contributed by atoms with Crippen LogP contribution in [-0.4, -0.2) is 8.42 Å². The van der Waals surface area contributed by atoms with Gasteiger partial charge in [-0.2, -0.15) is 0 Å². The summed E-state index contributed by atoms with van der Waals surface area (Å²) in [5.41, 5.74) is 0.822. The molecule has 0 spiro atoms. The minimum atomic E-state index is -3.71. The highest BCUT2D eigenvalue weighted by atomic mass is 79.9. The van der Waals surface area contributed by atoms with Crippen molar-refractivity contribution in [3.05, 3.63) is 26.6 Å². The standard InChI is InChI=1S/C7H5Br2ClO2S/c1-4-2-3-5(8)7(6(4)9)13(10,11)12/h2-3H,1H3. The van der Waals surface area contributed by atoms with E-state index in [-0.39, 0.29) is 4.90 Å². The number of hydrogen-bond acceptors (Lipinski definition) is 2. The SMILES string of the molecule is Cc1ccc(Br)c(S(=O)(=O)Cl)c1Br. The molecule has 0 aliphatic rings. The molecule has 2 nitrogen and oxygen atoms in total. The number of aryl methyl sites for hydroxylation is 1. The third kappa shape index (κ3) is 2.46. The van der Waals surface area contributed by atoms with E-state index in [2.05, 4.69) is 31.9 Å². The summed E-state index contributed by atoms with van der Waals surface area (Å²) in [5.74, 6) is 0. The number of benzene rings is 1. The Morgan fingerprint density at radius 1 is 1.31 bits per heavy atom. The topological polar surface area (TPSA) is 34.1 Å². The average molecular weight is 348 g/mol. The van der Waals surface area contributed by atoms with Crippen molar-refractivity contribution in [2.75, 3.05) is 0 Å². The van der Waals surface area contributed by atoms with E-state index >= 15 is 0 Å². The normalized spacial score (nSPS) is 11.7. The second kappa shape index (κ2) is 3.88. The average Bonchev–Trinajstić information content (AvgIpc) is 1.95. The third-order valence-electron chi connectivity index (χ3n) is 1.49. The first-order valence-corrected chi connectivity index (χ1v) is 7.13. The van der Waals surface area contributed by atoms with Crippen molar-refractivity contribution in [2.45, 2.75) is 11.8 Å². The summed E-state index contributed by atoms with van der Waals surface area (Å²) < 4.78 is 23.2. The molecule has 0 aromatic heterocycles. The fourth-order valence-electron chi connectivity index (χ4n) is 0.854. The zero-order valence-corrected chi connectivity index (χ0v) is 11.3. The minimum absolute atomic E-state index is 0.0779. The maximum Gasteiger partial charge on any atom is 0.263 e. The second-order valence-corrected chi connectivity index (χ2v) is 6.60. The Morgan fingerprint density at radius 3 is 2.23 bits per heavy atom. The van der Waals surface area contributed by atoms with Gasteiger partial charge in [0.05, 0.1) is 0 Å². The van der Waals surface area contributed by atoms with Crippen molar-refractivity contribution in [3.8, 4) is 0 Å². The van der Waals surface area contributed by atoms with Crippen molar-refractivity contribution in [3.63, 3.8) is 0 Å². The van der Waals surface area contributed by atoms with Crippen LogP contribution in [0.5, 0.6) is 0 Å². The molecular formula is C7H5Br2ClO2S. The molecule has 0 saturated carbocycles. The molecule has 0 heterocycles. The van der Waals surface area contributed by atoms with Crippen LogP contribution in [-0.2, 0) is 9.05 Å². The van der Waals surface area contributed by atoms with Gasteiger partial charge in [0.2, 0.25) is 0 Å². The molecule has 0 radical (unpaired) electrons. The van der Waals surface area contributed by atoms with Crippen LogP contribution in [0.1, 0.15) is 5.56 Å². The Labute approximate surface area is 98.0 Å². The quantitative estimate of drug-likeness (QED) is 0.729. The fraction of sp³-hybridized carbons (Fsp3) is 0.143. The highest BCUT2D eigenvalue weighted by molar-refractivity contribution is 9.11. The molecule has 1 aromatic carbocycles. The summed E-state index contributed by atoms with van der Waals surface area (Å²) in [7, 11) is 1.55. The Morgan fingerprint density at radius 2 is 1.85 bits per heavy atom. The maximum absolute atomic E-state index is 11.1. The van der Waals surface area contributed by atoms with E-state index < -0.39 is 9.05 Å². The van der Waals surface area contributed by atoms with Crippen LogP contribution in [0.15, 0.2) is 26.0 Å². The van der Waals surface area contributed by atoms with E-state index in [1.807, 2.05) is 0 Å². The molecule has 0 atom stereocenters. The fourth-order valence-corrected chi connectivity index (χ4v) is 4.79. The predicted octanol–water partition coefficient (Wildman–Crippen LogP) is 3.45. The maximum atomic E-state index is 11.1. The molecule has 72 valence electrons. The molecule has 0 fully saturated rings. The lowest BCUT2D eigenvalue weighted by Crippen LogP contribution is -1.95. The summed E-state index contributed by atoms with van der Waals surface area (Å²) in [6.07, 6.45) is 0. The molecule has 6 heteroatoms. The summed E-state index contributed by atoms with van der Waals surface area (Å²) in [6.45, 7) is 1.79. The van der Waals surface area contributed by atoms with Gasteiger partial charge in [-0.3, -0.25) is 0 Å². The van der Waals surface area contributed by atoms with Crippen molar-refractivity contribution < 1.29 is 8.42 Å². The van der Waals surface area contributed by atoms with E-state index in [0.717, 1.165) is 5.56 Å². The van der Waals surface area contributed by atoms with Gasteiger partial charge >= 0.3 is 0 Å². The lowest BCUT2D eigenvalue weighted by atomic mass is 10.2. The molecule has 0 unspecified atom stereocenters. The van der Waals surface area contributed by atoms with Gasteiger partial charge in [-0.15, -0.1) is 0 Å². The highest BCUT2D eigenvalue weighted by Gasteiger charge is 2.19. The number of halogens is 3. The molecule has 0 aliphatic heterocycles. The van der Waals surface area contributed by atoms with E-state index in [1.54, 1.807) is 19.1 Å². The minimum Gasteiger partial charge on any atom is -0.207 e. The molecule has 0 N–H and O–H groups in total. The van der Waals surface area contributed by atoms with E-state index in [0.29, 0.717) is 8.95 Å². The van der Waals surface area contributed by atoms with Crippen LogP contribution in [0.2, 0.25) is 0 Å². The molecular weight excluding hydrogens is 343 g/mol. The van der Waals surface area contributed by atoms with Crippen LogP contribution in [0.3, 0.4) is 0 Å². The van der Waals surface area contributed by atoms with Crippen LogP contribution in [0.25, 0.3) is 0 Å². The van der Waals surface area contributed by atoms with Crippen LogP contribution in [0.4, 0.5) is 0 Å².